The predicted octanol–water partition coefficient (Wildman–Crippen LogP) is 2.73. The maximum absolute atomic E-state index is 12.0. The molecule has 0 saturated heterocycles. The van der Waals surface area contributed by atoms with Gasteiger partial charge in [-0.15, -0.1) is 11.6 Å². The Balaban J connectivity index is 3.18. The lowest BCUT2D eigenvalue weighted by Gasteiger charge is -2.28. The Bertz CT molecular complexity index is 422. The van der Waals surface area contributed by atoms with Crippen LogP contribution in [-0.2, 0) is 19.9 Å². The summed E-state index contributed by atoms with van der Waals surface area (Å²) in [6.07, 6.45) is 0. The summed E-state index contributed by atoms with van der Waals surface area (Å²) >= 11 is 5.62. The fourth-order valence-electron chi connectivity index (χ4n) is 1.87. The normalized spacial score (nSPS) is 13.7. The van der Waals surface area contributed by atoms with E-state index in [4.69, 9.17) is 25.8 Å². The van der Waals surface area contributed by atoms with Gasteiger partial charge in [0.25, 0.3) is 0 Å². The molecule has 1 atom stereocenters. The van der Waals surface area contributed by atoms with Gasteiger partial charge in [-0.2, -0.15) is 0 Å². The Kier molecular flexibility index (Phi) is 6.12. The summed E-state index contributed by atoms with van der Waals surface area (Å²) in [6.45, 7) is 4.24. The van der Waals surface area contributed by atoms with Crippen LogP contribution < -0.4 is 4.74 Å². The van der Waals surface area contributed by atoms with Crippen molar-refractivity contribution in [3.63, 3.8) is 0 Å². The number of hydrogen-bond acceptors (Lipinski definition) is 4. The first kappa shape index (κ1) is 15.8. The van der Waals surface area contributed by atoms with Crippen LogP contribution in [0.15, 0.2) is 24.3 Å². The molecule has 0 aliphatic carbocycles. The molecule has 19 heavy (non-hydrogen) atoms. The first-order valence-corrected chi connectivity index (χ1v) is 6.64. The zero-order valence-corrected chi connectivity index (χ0v) is 12.2. The summed E-state index contributed by atoms with van der Waals surface area (Å²) in [5, 5.41) is 0. The van der Waals surface area contributed by atoms with Crippen molar-refractivity contribution in [2.75, 3.05) is 26.2 Å². The van der Waals surface area contributed by atoms with Crippen LogP contribution in [0.3, 0.4) is 0 Å². The molecular weight excluding hydrogens is 268 g/mol. The molecule has 4 nitrogen and oxygen atoms in total. The second kappa shape index (κ2) is 7.36. The predicted molar refractivity (Wildman–Crippen MR) is 73.7 cm³/mol. The van der Waals surface area contributed by atoms with Gasteiger partial charge in [0.1, 0.15) is 12.4 Å². The molecule has 0 amide bonds. The van der Waals surface area contributed by atoms with Gasteiger partial charge in [0.15, 0.2) is 5.60 Å². The molecule has 0 spiro atoms. The highest BCUT2D eigenvalue weighted by Gasteiger charge is 2.39. The topological polar surface area (TPSA) is 44.8 Å². The van der Waals surface area contributed by atoms with Gasteiger partial charge < -0.3 is 14.2 Å². The maximum Gasteiger partial charge on any atom is 0.342 e. The molecule has 1 rings (SSSR count). The highest BCUT2D eigenvalue weighted by atomic mass is 35.5. The fraction of sp³-hybridized carbons (Fsp3) is 0.500. The number of alkyl halides is 1. The lowest BCUT2D eigenvalue weighted by molar-refractivity contribution is -0.168. The number of para-hydroxylation sites is 1. The van der Waals surface area contributed by atoms with E-state index in [1.807, 2.05) is 19.1 Å². The van der Waals surface area contributed by atoms with Crippen LogP contribution in [0.5, 0.6) is 5.75 Å². The van der Waals surface area contributed by atoms with Crippen molar-refractivity contribution >= 4 is 17.6 Å². The zero-order valence-electron chi connectivity index (χ0n) is 11.4. The number of methoxy groups -OCH3 is 1. The summed E-state index contributed by atoms with van der Waals surface area (Å²) in [4.78, 5) is 12.0. The van der Waals surface area contributed by atoms with Gasteiger partial charge in [-0.3, -0.25) is 0 Å². The van der Waals surface area contributed by atoms with Crippen LogP contribution in [0, 0.1) is 0 Å². The molecule has 0 bridgehead atoms. The van der Waals surface area contributed by atoms with Crippen molar-refractivity contribution in [1.29, 1.82) is 0 Å². The van der Waals surface area contributed by atoms with E-state index in [2.05, 4.69) is 0 Å². The molecule has 1 unspecified atom stereocenters. The number of carbonyl (C=O) groups excluding carboxylic acids is 1. The number of hydrogen-bond donors (Lipinski definition) is 0. The Morgan fingerprint density at radius 2 is 2.05 bits per heavy atom. The van der Waals surface area contributed by atoms with Crippen molar-refractivity contribution < 1.29 is 19.0 Å². The standard InChI is InChI=1S/C14H19ClO4/c1-4-19-14(2,13(16)17-3)11-7-5-6-8-12(11)18-10-9-15/h5-8H,4,9-10H2,1-3H3. The number of esters is 1. The Morgan fingerprint density at radius 1 is 1.37 bits per heavy atom. The van der Waals surface area contributed by atoms with Gasteiger partial charge in [0.2, 0.25) is 0 Å². The second-order valence-electron chi connectivity index (χ2n) is 3.99. The van der Waals surface area contributed by atoms with Crippen molar-refractivity contribution in [3.8, 4) is 5.75 Å². The molecule has 106 valence electrons. The molecule has 0 aromatic heterocycles. The van der Waals surface area contributed by atoms with Gasteiger partial charge in [-0.05, 0) is 19.9 Å². The molecule has 0 heterocycles. The van der Waals surface area contributed by atoms with Crippen LogP contribution in [0.4, 0.5) is 0 Å². The number of ether oxygens (including phenoxy) is 3. The van der Waals surface area contributed by atoms with Crippen LogP contribution in [-0.4, -0.2) is 32.2 Å². The van der Waals surface area contributed by atoms with Crippen molar-refractivity contribution in [1.82, 2.24) is 0 Å². The molecule has 0 aliphatic rings. The quantitative estimate of drug-likeness (QED) is 0.571. The molecule has 0 fully saturated rings. The lowest BCUT2D eigenvalue weighted by atomic mass is 9.94. The van der Waals surface area contributed by atoms with Crippen molar-refractivity contribution in [2.45, 2.75) is 19.4 Å². The highest BCUT2D eigenvalue weighted by Crippen LogP contribution is 2.34. The van der Waals surface area contributed by atoms with E-state index in [1.165, 1.54) is 7.11 Å². The minimum Gasteiger partial charge on any atom is -0.492 e. The molecule has 0 aliphatic heterocycles. The fourth-order valence-corrected chi connectivity index (χ4v) is 1.94. The average Bonchev–Trinajstić information content (AvgIpc) is 2.44. The SMILES string of the molecule is CCOC(C)(C(=O)OC)c1ccccc1OCCCl. The van der Waals surface area contributed by atoms with Gasteiger partial charge in [0, 0.05) is 12.2 Å². The molecule has 0 radical (unpaired) electrons. The Morgan fingerprint density at radius 3 is 2.63 bits per heavy atom. The first-order chi connectivity index (χ1) is 9.10. The first-order valence-electron chi connectivity index (χ1n) is 6.10. The highest BCUT2D eigenvalue weighted by molar-refractivity contribution is 6.18. The minimum atomic E-state index is -1.19. The van der Waals surface area contributed by atoms with Crippen LogP contribution >= 0.6 is 11.6 Å². The van der Waals surface area contributed by atoms with E-state index in [0.717, 1.165) is 0 Å². The molecule has 0 saturated carbocycles. The summed E-state index contributed by atoms with van der Waals surface area (Å²) in [5.41, 5.74) is -0.555. The largest absolute Gasteiger partial charge is 0.492 e. The van der Waals surface area contributed by atoms with Gasteiger partial charge >= 0.3 is 5.97 Å². The molecular formula is C14H19ClO4. The molecule has 5 heteroatoms. The number of halogens is 1. The van der Waals surface area contributed by atoms with Crippen molar-refractivity contribution in [3.05, 3.63) is 29.8 Å². The third-order valence-electron chi connectivity index (χ3n) is 2.74. The third kappa shape index (κ3) is 3.61. The van der Waals surface area contributed by atoms with Crippen LogP contribution in [0.25, 0.3) is 0 Å². The van der Waals surface area contributed by atoms with E-state index < -0.39 is 11.6 Å². The van der Waals surface area contributed by atoms with E-state index >= 15 is 0 Å². The maximum atomic E-state index is 12.0. The van der Waals surface area contributed by atoms with Crippen LogP contribution in [0.1, 0.15) is 19.4 Å². The van der Waals surface area contributed by atoms with E-state index in [0.29, 0.717) is 30.4 Å². The summed E-state index contributed by atoms with van der Waals surface area (Å²) < 4.78 is 16.0. The summed E-state index contributed by atoms with van der Waals surface area (Å²) in [5.74, 6) is 0.485. The van der Waals surface area contributed by atoms with Gasteiger partial charge in [-0.25, -0.2) is 4.79 Å². The van der Waals surface area contributed by atoms with Crippen molar-refractivity contribution in [2.24, 2.45) is 0 Å². The number of carbonyl (C=O) groups is 1. The minimum absolute atomic E-state index is 0.363. The molecule has 1 aromatic carbocycles. The Hall–Kier alpha value is -1.26. The van der Waals surface area contributed by atoms with Gasteiger partial charge in [0.05, 0.1) is 13.0 Å². The van der Waals surface area contributed by atoms with Crippen LogP contribution in [0.2, 0.25) is 0 Å². The Labute approximate surface area is 118 Å². The monoisotopic (exact) mass is 286 g/mol. The average molecular weight is 287 g/mol. The summed E-state index contributed by atoms with van der Waals surface area (Å²) in [7, 11) is 1.34. The number of rotatable bonds is 7. The second-order valence-corrected chi connectivity index (χ2v) is 4.37. The number of benzene rings is 1. The smallest absolute Gasteiger partial charge is 0.342 e. The van der Waals surface area contributed by atoms with Gasteiger partial charge in [-0.1, -0.05) is 18.2 Å². The lowest BCUT2D eigenvalue weighted by Crippen LogP contribution is -2.37. The summed E-state index contributed by atoms with van der Waals surface area (Å²) in [6, 6.07) is 7.22. The van der Waals surface area contributed by atoms with E-state index in [1.54, 1.807) is 19.1 Å². The molecule has 1 aromatic rings. The van der Waals surface area contributed by atoms with E-state index in [-0.39, 0.29) is 0 Å². The van der Waals surface area contributed by atoms with E-state index in [9.17, 15) is 4.79 Å². The third-order valence-corrected chi connectivity index (χ3v) is 2.90. The zero-order chi connectivity index (χ0) is 14.3. The molecule has 0 N–H and O–H groups in total.